The first-order valence-electron chi connectivity index (χ1n) is 9.98. The summed E-state index contributed by atoms with van der Waals surface area (Å²) >= 11 is 0. The predicted octanol–water partition coefficient (Wildman–Crippen LogP) is 3.26. The van der Waals surface area contributed by atoms with Gasteiger partial charge in [-0.2, -0.15) is 0 Å². The molecule has 2 amide bonds. The van der Waals surface area contributed by atoms with Crippen LogP contribution in [0.5, 0.6) is 11.5 Å². The second-order valence-corrected chi connectivity index (χ2v) is 6.98. The first-order chi connectivity index (χ1) is 14.4. The number of hydroxylamine groups is 2. The molecule has 2 N–H and O–H groups in total. The van der Waals surface area contributed by atoms with Crippen LogP contribution in [0.15, 0.2) is 42.5 Å². The molecular formula is C23H30N2O5. The number of hydrogen-bond donors (Lipinski definition) is 2. The van der Waals surface area contributed by atoms with Crippen molar-refractivity contribution in [2.75, 3.05) is 20.8 Å². The van der Waals surface area contributed by atoms with Gasteiger partial charge in [0, 0.05) is 31.5 Å². The molecule has 0 fully saturated rings. The third-order valence-electron chi connectivity index (χ3n) is 4.79. The zero-order valence-corrected chi connectivity index (χ0v) is 17.8. The average molecular weight is 415 g/mol. The smallest absolute Gasteiger partial charge is 0.246 e. The summed E-state index contributed by atoms with van der Waals surface area (Å²) in [5.41, 5.74) is 2.60. The van der Waals surface area contributed by atoms with Crippen LogP contribution >= 0.6 is 0 Å². The summed E-state index contributed by atoms with van der Waals surface area (Å²) in [6.07, 6.45) is 1.78. The molecule has 0 saturated heterocycles. The summed E-state index contributed by atoms with van der Waals surface area (Å²) < 4.78 is 11.2. The van der Waals surface area contributed by atoms with E-state index in [0.29, 0.717) is 42.9 Å². The molecule has 0 aliphatic rings. The van der Waals surface area contributed by atoms with Crippen molar-refractivity contribution >= 4 is 11.8 Å². The topological polar surface area (TPSA) is 88.1 Å². The number of methoxy groups -OCH3 is 1. The van der Waals surface area contributed by atoms with Gasteiger partial charge in [-0.15, -0.1) is 0 Å². The third kappa shape index (κ3) is 7.08. The summed E-state index contributed by atoms with van der Waals surface area (Å²) in [4.78, 5) is 23.6. The zero-order valence-electron chi connectivity index (χ0n) is 17.8. The minimum Gasteiger partial charge on any atom is -0.496 e. The molecule has 0 heterocycles. The van der Waals surface area contributed by atoms with Gasteiger partial charge in [0.2, 0.25) is 11.8 Å². The lowest BCUT2D eigenvalue weighted by Crippen LogP contribution is -2.27. The Labute approximate surface area is 177 Å². The summed E-state index contributed by atoms with van der Waals surface area (Å²) in [5, 5.41) is 13.6. The molecule has 2 aromatic rings. The fourth-order valence-electron chi connectivity index (χ4n) is 3.03. The number of carbonyl (C=O) groups is 2. The van der Waals surface area contributed by atoms with Gasteiger partial charge in [-0.1, -0.05) is 30.3 Å². The molecule has 7 nitrogen and oxygen atoms in total. The van der Waals surface area contributed by atoms with Gasteiger partial charge in [0.1, 0.15) is 11.5 Å². The second kappa shape index (κ2) is 11.8. The van der Waals surface area contributed by atoms with Crippen molar-refractivity contribution < 1.29 is 24.3 Å². The van der Waals surface area contributed by atoms with Crippen LogP contribution in [-0.4, -0.2) is 42.8 Å². The highest BCUT2D eigenvalue weighted by Gasteiger charge is 2.17. The first kappa shape index (κ1) is 23.2. The van der Waals surface area contributed by atoms with Crippen molar-refractivity contribution in [1.29, 1.82) is 0 Å². The van der Waals surface area contributed by atoms with Crippen LogP contribution in [0.1, 0.15) is 36.0 Å². The summed E-state index contributed by atoms with van der Waals surface area (Å²) in [5.74, 6) is 0.772. The Kier molecular flexibility index (Phi) is 9.15. The van der Waals surface area contributed by atoms with Crippen molar-refractivity contribution in [2.24, 2.45) is 0 Å². The van der Waals surface area contributed by atoms with E-state index in [4.69, 9.17) is 9.47 Å². The molecule has 7 heteroatoms. The molecule has 0 bridgehead atoms. The lowest BCUT2D eigenvalue weighted by Gasteiger charge is -2.20. The monoisotopic (exact) mass is 414 g/mol. The maximum atomic E-state index is 12.3. The molecular weight excluding hydrogens is 384 g/mol. The largest absolute Gasteiger partial charge is 0.496 e. The molecule has 0 unspecified atom stereocenters. The summed E-state index contributed by atoms with van der Waals surface area (Å²) in [7, 11) is 3.14. The molecule has 2 aromatic carbocycles. The van der Waals surface area contributed by atoms with Gasteiger partial charge in [0.25, 0.3) is 0 Å². The molecule has 0 radical (unpaired) electrons. The molecule has 0 aliphatic carbocycles. The summed E-state index contributed by atoms with van der Waals surface area (Å²) in [6, 6.07) is 13.2. The molecule has 0 spiro atoms. The van der Waals surface area contributed by atoms with Crippen LogP contribution in [0.2, 0.25) is 0 Å². The van der Waals surface area contributed by atoms with Gasteiger partial charge in [-0.05, 0) is 37.0 Å². The van der Waals surface area contributed by atoms with Crippen LogP contribution in [0.25, 0.3) is 0 Å². The van der Waals surface area contributed by atoms with Gasteiger partial charge in [-0.25, -0.2) is 5.06 Å². The van der Waals surface area contributed by atoms with Crippen LogP contribution in [0.3, 0.4) is 0 Å². The quantitative estimate of drug-likeness (QED) is 0.335. The van der Waals surface area contributed by atoms with E-state index in [1.807, 2.05) is 43.3 Å². The number of ether oxygens (including phenoxy) is 2. The Balaban J connectivity index is 1.95. The number of carbonyl (C=O) groups excluding carboxylic acids is 2. The van der Waals surface area contributed by atoms with Crippen molar-refractivity contribution in [3.05, 3.63) is 59.2 Å². The van der Waals surface area contributed by atoms with Gasteiger partial charge in [0.15, 0.2) is 0 Å². The standard InChI is InChI=1S/C23H30N2O5/c1-17-14-19(30-13-7-10-22(26)24-2)15-21(29-3)20(17)16-25(28)23(27)12-11-18-8-5-4-6-9-18/h4-6,8-9,14-15,28H,7,10-13,16H2,1-3H3,(H,24,26). The lowest BCUT2D eigenvalue weighted by molar-refractivity contribution is -0.168. The zero-order chi connectivity index (χ0) is 21.9. The van der Waals surface area contributed by atoms with Gasteiger partial charge < -0.3 is 14.8 Å². The van der Waals surface area contributed by atoms with Crippen molar-refractivity contribution in [2.45, 2.75) is 39.2 Å². The Hall–Kier alpha value is -3.06. The van der Waals surface area contributed by atoms with E-state index < -0.39 is 0 Å². The van der Waals surface area contributed by atoms with Crippen LogP contribution < -0.4 is 14.8 Å². The fourth-order valence-corrected chi connectivity index (χ4v) is 3.03. The van der Waals surface area contributed by atoms with Gasteiger partial charge in [-0.3, -0.25) is 14.8 Å². The Morgan fingerprint density at radius 3 is 2.53 bits per heavy atom. The average Bonchev–Trinajstić information content (AvgIpc) is 2.76. The highest BCUT2D eigenvalue weighted by Crippen LogP contribution is 2.29. The van der Waals surface area contributed by atoms with Crippen molar-refractivity contribution in [3.8, 4) is 11.5 Å². The molecule has 0 aromatic heterocycles. The van der Waals surface area contributed by atoms with Crippen LogP contribution in [0.4, 0.5) is 0 Å². The van der Waals surface area contributed by atoms with E-state index in [1.165, 1.54) is 7.11 Å². The van der Waals surface area contributed by atoms with E-state index in [0.717, 1.165) is 16.2 Å². The van der Waals surface area contributed by atoms with E-state index in [1.54, 1.807) is 13.1 Å². The Morgan fingerprint density at radius 2 is 1.87 bits per heavy atom. The van der Waals surface area contributed by atoms with Crippen molar-refractivity contribution in [3.63, 3.8) is 0 Å². The van der Waals surface area contributed by atoms with E-state index in [9.17, 15) is 14.8 Å². The molecule has 0 aliphatic heterocycles. The minimum atomic E-state index is -0.352. The van der Waals surface area contributed by atoms with E-state index in [-0.39, 0.29) is 24.8 Å². The second-order valence-electron chi connectivity index (χ2n) is 6.98. The maximum absolute atomic E-state index is 12.3. The number of nitrogens with one attached hydrogen (secondary N) is 1. The number of nitrogens with zero attached hydrogens (tertiary/aromatic N) is 1. The molecule has 162 valence electrons. The Bertz CT molecular complexity index is 839. The van der Waals surface area contributed by atoms with Crippen LogP contribution in [0, 0.1) is 6.92 Å². The first-order valence-corrected chi connectivity index (χ1v) is 9.98. The van der Waals surface area contributed by atoms with Gasteiger partial charge in [0.05, 0.1) is 20.3 Å². The fraction of sp³-hybridized carbons (Fsp3) is 0.391. The highest BCUT2D eigenvalue weighted by molar-refractivity contribution is 5.75. The van der Waals surface area contributed by atoms with Crippen molar-refractivity contribution in [1.82, 2.24) is 10.4 Å². The number of aryl methyl sites for hydroxylation is 2. The summed E-state index contributed by atoms with van der Waals surface area (Å²) in [6.45, 7) is 2.30. The van der Waals surface area contributed by atoms with Gasteiger partial charge >= 0.3 is 0 Å². The maximum Gasteiger partial charge on any atom is 0.246 e. The molecule has 2 rings (SSSR count). The van der Waals surface area contributed by atoms with Crippen LogP contribution in [-0.2, 0) is 22.6 Å². The molecule has 0 atom stereocenters. The number of benzene rings is 2. The Morgan fingerprint density at radius 1 is 1.13 bits per heavy atom. The minimum absolute atomic E-state index is 0.0253. The highest BCUT2D eigenvalue weighted by atomic mass is 16.5. The number of amides is 2. The predicted molar refractivity (Wildman–Crippen MR) is 114 cm³/mol. The van der Waals surface area contributed by atoms with E-state index in [2.05, 4.69) is 5.32 Å². The van der Waals surface area contributed by atoms with E-state index >= 15 is 0 Å². The molecule has 0 saturated carbocycles. The third-order valence-corrected chi connectivity index (χ3v) is 4.79. The lowest BCUT2D eigenvalue weighted by atomic mass is 10.1. The number of hydrogen-bond acceptors (Lipinski definition) is 5. The molecule has 30 heavy (non-hydrogen) atoms. The number of rotatable bonds is 11. The normalized spacial score (nSPS) is 10.4. The SMILES string of the molecule is CNC(=O)CCCOc1cc(C)c(CN(O)C(=O)CCc2ccccc2)c(OC)c1.